The Bertz CT molecular complexity index is 303. The van der Waals surface area contributed by atoms with Crippen molar-refractivity contribution < 1.29 is 9.53 Å². The summed E-state index contributed by atoms with van der Waals surface area (Å²) < 4.78 is 4.80. The van der Waals surface area contributed by atoms with Crippen LogP contribution in [0.15, 0.2) is 36.0 Å². The lowest BCUT2D eigenvalue weighted by molar-refractivity contribution is -0.137. The molecule has 14 heavy (non-hydrogen) atoms. The molecule has 0 saturated heterocycles. The van der Waals surface area contributed by atoms with E-state index in [9.17, 15) is 4.79 Å². The highest BCUT2D eigenvalue weighted by molar-refractivity contribution is 7.99. The fourth-order valence-electron chi connectivity index (χ4n) is 0.725. The fourth-order valence-corrected chi connectivity index (χ4v) is 1.41. The first kappa shape index (κ1) is 10.7. The van der Waals surface area contributed by atoms with Gasteiger partial charge in [0.05, 0.1) is 12.4 Å². The number of carbonyl (C=O) groups is 1. The second-order valence-electron chi connectivity index (χ2n) is 2.30. The monoisotopic (exact) mass is 210 g/mol. The van der Waals surface area contributed by atoms with E-state index in [1.165, 1.54) is 0 Å². The Kier molecular flexibility index (Phi) is 4.71. The van der Waals surface area contributed by atoms with Gasteiger partial charge in [-0.3, -0.25) is 0 Å². The van der Waals surface area contributed by atoms with Crippen molar-refractivity contribution in [3.05, 3.63) is 31.1 Å². The summed E-state index contributed by atoms with van der Waals surface area (Å²) in [7, 11) is 0. The van der Waals surface area contributed by atoms with Crippen LogP contribution in [0.4, 0.5) is 0 Å². The van der Waals surface area contributed by atoms with Crippen LogP contribution in [0.1, 0.15) is 0 Å². The van der Waals surface area contributed by atoms with Gasteiger partial charge in [0, 0.05) is 16.7 Å². The molecule has 0 aliphatic carbocycles. The van der Waals surface area contributed by atoms with Gasteiger partial charge < -0.3 is 4.74 Å². The molecule has 0 aliphatic rings. The van der Waals surface area contributed by atoms with Crippen molar-refractivity contribution in [2.24, 2.45) is 0 Å². The molecule has 1 rings (SSSR count). The van der Waals surface area contributed by atoms with Crippen molar-refractivity contribution in [1.29, 1.82) is 0 Å². The number of aromatic nitrogens is 2. The predicted octanol–water partition coefficient (Wildman–Crippen LogP) is 1.30. The molecule has 0 saturated carbocycles. The molecule has 0 N–H and O–H groups in total. The molecule has 0 unspecified atom stereocenters. The number of esters is 1. The van der Waals surface area contributed by atoms with Crippen LogP contribution < -0.4 is 0 Å². The van der Waals surface area contributed by atoms with E-state index in [2.05, 4.69) is 16.8 Å². The summed E-state index contributed by atoms with van der Waals surface area (Å²) in [5.41, 5.74) is 0. The van der Waals surface area contributed by atoms with E-state index in [4.69, 9.17) is 4.74 Å². The highest BCUT2D eigenvalue weighted by Crippen LogP contribution is 2.14. The quantitative estimate of drug-likeness (QED) is 0.317. The van der Waals surface area contributed by atoms with Gasteiger partial charge in [0.15, 0.2) is 0 Å². The number of hydrogen-bond donors (Lipinski definition) is 0. The van der Waals surface area contributed by atoms with Crippen molar-refractivity contribution in [1.82, 2.24) is 10.2 Å². The second kappa shape index (κ2) is 6.15. The van der Waals surface area contributed by atoms with E-state index in [0.717, 1.165) is 11.0 Å². The Balaban J connectivity index is 2.16. The van der Waals surface area contributed by atoms with Crippen LogP contribution >= 0.6 is 11.8 Å². The predicted molar refractivity (Wildman–Crippen MR) is 53.9 cm³/mol. The summed E-state index contributed by atoms with van der Waals surface area (Å²) in [5, 5.41) is 7.37. The number of rotatable bonds is 5. The lowest BCUT2D eigenvalue weighted by Crippen LogP contribution is -2.03. The highest BCUT2D eigenvalue weighted by atomic mass is 32.2. The smallest absolute Gasteiger partial charge is 0.330 e. The number of thioether (sulfide) groups is 1. The molecule has 4 nitrogen and oxygen atoms in total. The zero-order valence-corrected chi connectivity index (χ0v) is 8.37. The second-order valence-corrected chi connectivity index (χ2v) is 3.47. The van der Waals surface area contributed by atoms with E-state index in [1.54, 1.807) is 24.2 Å². The molecular formula is C9H10N2O2S. The molecular weight excluding hydrogens is 200 g/mol. The maximum atomic E-state index is 10.7. The minimum Gasteiger partial charge on any atom is -0.462 e. The lowest BCUT2D eigenvalue weighted by Gasteiger charge is -2.01. The lowest BCUT2D eigenvalue weighted by atomic mass is 10.6. The third-order valence-corrected chi connectivity index (χ3v) is 2.27. The molecule has 0 fully saturated rings. The van der Waals surface area contributed by atoms with Crippen molar-refractivity contribution >= 4 is 17.7 Å². The van der Waals surface area contributed by atoms with Crippen molar-refractivity contribution in [2.45, 2.75) is 4.90 Å². The molecule has 1 heterocycles. The van der Waals surface area contributed by atoms with E-state index in [0.29, 0.717) is 12.4 Å². The van der Waals surface area contributed by atoms with Crippen LogP contribution in [-0.4, -0.2) is 28.5 Å². The van der Waals surface area contributed by atoms with Crippen molar-refractivity contribution in [3.8, 4) is 0 Å². The zero-order valence-electron chi connectivity index (χ0n) is 7.55. The SMILES string of the molecule is C=CC(=O)OCCSc1ccnnc1. The van der Waals surface area contributed by atoms with Gasteiger partial charge in [0.25, 0.3) is 0 Å². The first-order valence-electron chi connectivity index (χ1n) is 4.01. The van der Waals surface area contributed by atoms with Gasteiger partial charge in [-0.2, -0.15) is 10.2 Å². The highest BCUT2D eigenvalue weighted by Gasteiger charge is 1.96. The van der Waals surface area contributed by atoms with Gasteiger partial charge in [-0.05, 0) is 6.07 Å². The number of carbonyl (C=O) groups excluding carboxylic acids is 1. The number of nitrogens with zero attached hydrogens (tertiary/aromatic N) is 2. The normalized spacial score (nSPS) is 9.43. The maximum absolute atomic E-state index is 10.7. The topological polar surface area (TPSA) is 52.1 Å². The largest absolute Gasteiger partial charge is 0.462 e. The number of ether oxygens (including phenoxy) is 1. The molecule has 0 aliphatic heterocycles. The van der Waals surface area contributed by atoms with Gasteiger partial charge in [-0.25, -0.2) is 4.79 Å². The molecule has 1 aromatic rings. The molecule has 0 bridgehead atoms. The number of hydrogen-bond acceptors (Lipinski definition) is 5. The Morgan fingerprint density at radius 1 is 1.64 bits per heavy atom. The van der Waals surface area contributed by atoms with E-state index in [-0.39, 0.29) is 0 Å². The van der Waals surface area contributed by atoms with Gasteiger partial charge in [-0.15, -0.1) is 11.8 Å². The Morgan fingerprint density at radius 2 is 2.50 bits per heavy atom. The van der Waals surface area contributed by atoms with Crippen molar-refractivity contribution in [2.75, 3.05) is 12.4 Å². The van der Waals surface area contributed by atoms with Crippen LogP contribution in [0.25, 0.3) is 0 Å². The summed E-state index contributed by atoms with van der Waals surface area (Å²) in [4.78, 5) is 11.7. The first-order valence-corrected chi connectivity index (χ1v) is 5.00. The molecule has 0 aromatic carbocycles. The van der Waals surface area contributed by atoms with Crippen molar-refractivity contribution in [3.63, 3.8) is 0 Å². The van der Waals surface area contributed by atoms with Crippen LogP contribution in [0.3, 0.4) is 0 Å². The van der Waals surface area contributed by atoms with Crippen LogP contribution in [0.5, 0.6) is 0 Å². The summed E-state index contributed by atoms with van der Waals surface area (Å²) in [6.45, 7) is 3.67. The zero-order chi connectivity index (χ0) is 10.2. The van der Waals surface area contributed by atoms with Gasteiger partial charge in [0.2, 0.25) is 0 Å². The average Bonchev–Trinajstić information content (AvgIpc) is 2.25. The van der Waals surface area contributed by atoms with Gasteiger partial charge >= 0.3 is 5.97 Å². The standard InChI is InChI=1S/C9H10N2O2S/c1-2-9(12)13-5-6-14-8-3-4-10-11-7-8/h2-4,7H,1,5-6H2. The van der Waals surface area contributed by atoms with Crippen LogP contribution in [0.2, 0.25) is 0 Å². The average molecular weight is 210 g/mol. The summed E-state index contributed by atoms with van der Waals surface area (Å²) in [6, 6.07) is 1.85. The Morgan fingerprint density at radius 3 is 3.14 bits per heavy atom. The summed E-state index contributed by atoms with van der Waals surface area (Å²) in [5.74, 6) is 0.309. The minimum absolute atomic E-state index is 0.373. The van der Waals surface area contributed by atoms with E-state index < -0.39 is 5.97 Å². The van der Waals surface area contributed by atoms with E-state index in [1.807, 2.05) is 6.07 Å². The van der Waals surface area contributed by atoms with Gasteiger partial charge in [0.1, 0.15) is 6.61 Å². The molecule has 1 aromatic heterocycles. The van der Waals surface area contributed by atoms with Crippen LogP contribution in [0, 0.1) is 0 Å². The molecule has 5 heteroatoms. The summed E-state index contributed by atoms with van der Waals surface area (Å²) >= 11 is 1.56. The molecule has 0 radical (unpaired) electrons. The first-order chi connectivity index (χ1) is 6.83. The molecule has 0 atom stereocenters. The minimum atomic E-state index is -0.390. The van der Waals surface area contributed by atoms with Crippen LogP contribution in [-0.2, 0) is 9.53 Å². The van der Waals surface area contributed by atoms with Gasteiger partial charge in [-0.1, -0.05) is 6.58 Å². The third kappa shape index (κ3) is 4.04. The third-order valence-electron chi connectivity index (χ3n) is 1.32. The maximum Gasteiger partial charge on any atom is 0.330 e. The van der Waals surface area contributed by atoms with E-state index >= 15 is 0 Å². The fraction of sp³-hybridized carbons (Fsp3) is 0.222. The summed E-state index contributed by atoms with van der Waals surface area (Å²) in [6.07, 6.45) is 4.44. The Hall–Kier alpha value is -1.36. The molecule has 0 spiro atoms. The molecule has 0 amide bonds. The molecule has 74 valence electrons. The Labute approximate surface area is 86.4 Å².